The SMILES string of the molecule is Nc1cccc(OCc2nc3ccccn3c2[N+](=O)[O-])c1. The number of benzene rings is 1. The third-order valence-electron chi connectivity index (χ3n) is 2.98. The predicted molar refractivity (Wildman–Crippen MR) is 77.0 cm³/mol. The molecule has 7 nitrogen and oxygen atoms in total. The molecule has 0 amide bonds. The van der Waals surface area contributed by atoms with Crippen LogP contribution in [0.25, 0.3) is 5.65 Å². The molecule has 2 heterocycles. The number of rotatable bonds is 4. The number of pyridine rings is 1. The van der Waals surface area contributed by atoms with Crippen molar-refractivity contribution in [2.75, 3.05) is 5.73 Å². The van der Waals surface area contributed by atoms with Gasteiger partial charge >= 0.3 is 5.82 Å². The van der Waals surface area contributed by atoms with Crippen LogP contribution in [0.2, 0.25) is 0 Å². The number of ether oxygens (including phenoxy) is 1. The van der Waals surface area contributed by atoms with Gasteiger partial charge in [0, 0.05) is 17.8 Å². The van der Waals surface area contributed by atoms with E-state index in [2.05, 4.69) is 4.98 Å². The number of imidazole rings is 1. The molecule has 0 bridgehead atoms. The van der Waals surface area contributed by atoms with Crippen LogP contribution in [-0.2, 0) is 6.61 Å². The van der Waals surface area contributed by atoms with Crippen molar-refractivity contribution >= 4 is 17.2 Å². The Balaban J connectivity index is 1.93. The first-order valence-corrected chi connectivity index (χ1v) is 6.24. The predicted octanol–water partition coefficient (Wildman–Crippen LogP) is 2.40. The van der Waals surface area contributed by atoms with Gasteiger partial charge in [0.15, 0.2) is 5.69 Å². The lowest BCUT2D eigenvalue weighted by molar-refractivity contribution is -0.391. The van der Waals surface area contributed by atoms with Gasteiger partial charge in [-0.25, -0.2) is 4.98 Å². The van der Waals surface area contributed by atoms with Crippen molar-refractivity contribution in [3.63, 3.8) is 0 Å². The van der Waals surface area contributed by atoms with Gasteiger partial charge < -0.3 is 20.6 Å². The van der Waals surface area contributed by atoms with E-state index >= 15 is 0 Å². The molecule has 0 unspecified atom stereocenters. The molecule has 1 aromatic carbocycles. The van der Waals surface area contributed by atoms with Gasteiger partial charge in [0.2, 0.25) is 5.65 Å². The van der Waals surface area contributed by atoms with Gasteiger partial charge in [-0.05, 0) is 23.1 Å². The first kappa shape index (κ1) is 12.9. The summed E-state index contributed by atoms with van der Waals surface area (Å²) in [5, 5.41) is 11.2. The van der Waals surface area contributed by atoms with E-state index in [-0.39, 0.29) is 18.1 Å². The molecule has 21 heavy (non-hydrogen) atoms. The van der Waals surface area contributed by atoms with E-state index in [0.717, 1.165) is 0 Å². The molecule has 7 heteroatoms. The minimum Gasteiger partial charge on any atom is -0.487 e. The average molecular weight is 284 g/mol. The number of aromatic nitrogens is 2. The van der Waals surface area contributed by atoms with Gasteiger partial charge in [-0.3, -0.25) is 0 Å². The number of hydrogen-bond donors (Lipinski definition) is 1. The molecule has 2 N–H and O–H groups in total. The summed E-state index contributed by atoms with van der Waals surface area (Å²) in [6, 6.07) is 12.1. The van der Waals surface area contributed by atoms with E-state index in [0.29, 0.717) is 17.1 Å². The summed E-state index contributed by atoms with van der Waals surface area (Å²) in [6.07, 6.45) is 1.60. The normalized spacial score (nSPS) is 10.7. The van der Waals surface area contributed by atoms with Gasteiger partial charge in [-0.2, -0.15) is 4.40 Å². The maximum Gasteiger partial charge on any atom is 0.354 e. The highest BCUT2D eigenvalue weighted by Gasteiger charge is 2.22. The molecule has 0 aliphatic heterocycles. The summed E-state index contributed by atoms with van der Waals surface area (Å²) in [4.78, 5) is 15.0. The highest BCUT2D eigenvalue weighted by Crippen LogP contribution is 2.23. The summed E-state index contributed by atoms with van der Waals surface area (Å²) in [5.41, 5.74) is 7.01. The lowest BCUT2D eigenvalue weighted by atomic mass is 10.3. The smallest absolute Gasteiger partial charge is 0.354 e. The van der Waals surface area contributed by atoms with E-state index in [4.69, 9.17) is 10.5 Å². The number of nitrogen functional groups attached to an aromatic ring is 1. The molecule has 2 aromatic heterocycles. The monoisotopic (exact) mass is 284 g/mol. The van der Waals surface area contributed by atoms with Crippen LogP contribution in [0.1, 0.15) is 5.69 Å². The van der Waals surface area contributed by atoms with Crippen molar-refractivity contribution in [3.8, 4) is 5.75 Å². The highest BCUT2D eigenvalue weighted by atomic mass is 16.6. The lowest BCUT2D eigenvalue weighted by Gasteiger charge is -2.04. The topological polar surface area (TPSA) is 95.7 Å². The summed E-state index contributed by atoms with van der Waals surface area (Å²) < 4.78 is 6.96. The number of nitrogens with zero attached hydrogens (tertiary/aromatic N) is 3. The quantitative estimate of drug-likeness (QED) is 0.451. The molecule has 0 fully saturated rings. The van der Waals surface area contributed by atoms with E-state index in [1.165, 1.54) is 4.40 Å². The van der Waals surface area contributed by atoms with E-state index < -0.39 is 4.92 Å². The summed E-state index contributed by atoms with van der Waals surface area (Å²) >= 11 is 0. The maximum atomic E-state index is 11.2. The zero-order chi connectivity index (χ0) is 14.8. The van der Waals surface area contributed by atoms with Crippen molar-refractivity contribution in [3.05, 3.63) is 64.5 Å². The Bertz CT molecular complexity index is 813. The van der Waals surface area contributed by atoms with Crippen molar-refractivity contribution in [1.82, 2.24) is 9.38 Å². The van der Waals surface area contributed by atoms with Crippen molar-refractivity contribution < 1.29 is 9.66 Å². The van der Waals surface area contributed by atoms with Crippen LogP contribution in [0.4, 0.5) is 11.5 Å². The van der Waals surface area contributed by atoms with Crippen LogP contribution in [0.3, 0.4) is 0 Å². The molecule has 0 aliphatic carbocycles. The Morgan fingerprint density at radius 1 is 1.29 bits per heavy atom. The molecule has 0 saturated heterocycles. The van der Waals surface area contributed by atoms with Crippen LogP contribution < -0.4 is 10.5 Å². The molecule has 106 valence electrons. The van der Waals surface area contributed by atoms with E-state index in [9.17, 15) is 10.1 Å². The molecule has 0 aliphatic rings. The first-order valence-electron chi connectivity index (χ1n) is 6.24. The Morgan fingerprint density at radius 2 is 2.14 bits per heavy atom. The maximum absolute atomic E-state index is 11.2. The van der Waals surface area contributed by atoms with Crippen molar-refractivity contribution in [2.24, 2.45) is 0 Å². The molecule has 0 spiro atoms. The molecular formula is C14H12N4O3. The molecule has 3 rings (SSSR count). The summed E-state index contributed by atoms with van der Waals surface area (Å²) in [7, 11) is 0. The van der Waals surface area contributed by atoms with Gasteiger partial charge in [0.25, 0.3) is 0 Å². The van der Waals surface area contributed by atoms with Crippen molar-refractivity contribution in [1.29, 1.82) is 0 Å². The fourth-order valence-corrected chi connectivity index (χ4v) is 2.08. The highest BCUT2D eigenvalue weighted by molar-refractivity contribution is 5.49. The zero-order valence-electron chi connectivity index (χ0n) is 11.0. The molecule has 0 atom stereocenters. The number of anilines is 1. The largest absolute Gasteiger partial charge is 0.487 e. The Morgan fingerprint density at radius 3 is 2.90 bits per heavy atom. The van der Waals surface area contributed by atoms with Crippen LogP contribution in [0.5, 0.6) is 5.75 Å². The van der Waals surface area contributed by atoms with Crippen LogP contribution in [0.15, 0.2) is 48.7 Å². The van der Waals surface area contributed by atoms with Crippen LogP contribution in [-0.4, -0.2) is 14.3 Å². The minimum absolute atomic E-state index is 0.00144. The Kier molecular flexibility index (Phi) is 3.15. The van der Waals surface area contributed by atoms with Gasteiger partial charge in [-0.15, -0.1) is 0 Å². The number of fused-ring (bicyclic) bond motifs is 1. The van der Waals surface area contributed by atoms with Gasteiger partial charge in [-0.1, -0.05) is 12.1 Å². The second kappa shape index (κ2) is 5.12. The second-order valence-electron chi connectivity index (χ2n) is 4.43. The van der Waals surface area contributed by atoms with E-state index in [1.54, 1.807) is 48.7 Å². The number of nitrogens with two attached hydrogens (primary N) is 1. The molecular weight excluding hydrogens is 272 g/mol. The lowest BCUT2D eigenvalue weighted by Crippen LogP contribution is -2.01. The third kappa shape index (κ3) is 2.48. The standard InChI is InChI=1S/C14H12N4O3/c15-10-4-3-5-11(8-10)21-9-12-14(18(19)20)17-7-2-1-6-13(17)16-12/h1-8H,9,15H2. The third-order valence-corrected chi connectivity index (χ3v) is 2.98. The summed E-state index contributed by atoms with van der Waals surface area (Å²) in [5.74, 6) is 0.454. The van der Waals surface area contributed by atoms with Crippen molar-refractivity contribution in [2.45, 2.75) is 6.61 Å². The zero-order valence-corrected chi connectivity index (χ0v) is 11.0. The molecule has 3 aromatic rings. The average Bonchev–Trinajstić information content (AvgIpc) is 2.83. The molecule has 0 radical (unpaired) electrons. The minimum atomic E-state index is -0.460. The number of nitro groups is 1. The Labute approximate surface area is 119 Å². The van der Waals surface area contributed by atoms with Gasteiger partial charge in [0.1, 0.15) is 12.4 Å². The van der Waals surface area contributed by atoms with Crippen LogP contribution in [0, 0.1) is 10.1 Å². The van der Waals surface area contributed by atoms with Gasteiger partial charge in [0.05, 0.1) is 6.20 Å². The molecule has 0 saturated carbocycles. The Hall–Kier alpha value is -3.09. The van der Waals surface area contributed by atoms with Crippen LogP contribution >= 0.6 is 0 Å². The fraction of sp³-hybridized carbons (Fsp3) is 0.0714. The number of hydrogen-bond acceptors (Lipinski definition) is 5. The first-order chi connectivity index (χ1) is 10.1. The second-order valence-corrected chi connectivity index (χ2v) is 4.43. The summed E-state index contributed by atoms with van der Waals surface area (Å²) in [6.45, 7) is 0.00144. The van der Waals surface area contributed by atoms with E-state index in [1.807, 2.05) is 0 Å². The fourth-order valence-electron chi connectivity index (χ4n) is 2.08.